The van der Waals surface area contributed by atoms with Crippen LogP contribution in [0, 0.1) is 0 Å². The highest BCUT2D eigenvalue weighted by Gasteiger charge is 2.24. The number of aromatic nitrogens is 3. The molecule has 0 aliphatic carbocycles. The Hall–Kier alpha value is -3.51. The molecule has 0 saturated carbocycles. The number of esters is 1. The van der Waals surface area contributed by atoms with Gasteiger partial charge >= 0.3 is 5.97 Å². The second-order valence-corrected chi connectivity index (χ2v) is 11.2. The van der Waals surface area contributed by atoms with Gasteiger partial charge in [-0.3, -0.25) is 9.36 Å². The number of allylic oxidation sites excluding steroid dienone is 1. The average Bonchev–Trinajstić information content (AvgIpc) is 3.57. The van der Waals surface area contributed by atoms with Crippen LogP contribution in [0.5, 0.6) is 11.5 Å². The molecule has 0 fully saturated rings. The Morgan fingerprint density at radius 3 is 2.59 bits per heavy atom. The lowest BCUT2D eigenvalue weighted by Gasteiger charge is -2.16. The number of nitrogens with zero attached hydrogens (tertiary/aromatic N) is 3. The first-order valence-corrected chi connectivity index (χ1v) is 14.8. The monoisotopic (exact) mass is 632 g/mol. The van der Waals surface area contributed by atoms with Gasteiger partial charge in [0.1, 0.15) is 22.1 Å². The first-order chi connectivity index (χ1) is 19.7. The first kappa shape index (κ1) is 30.4. The Bertz CT molecular complexity index is 1560. The number of amides is 1. The number of carbonyl (C=O) groups excluding carboxylic acids is 2. The molecular weight excluding hydrogens is 607 g/mol. The molecule has 1 N–H and O–H groups in total. The Morgan fingerprint density at radius 1 is 1.17 bits per heavy atom. The zero-order valence-corrected chi connectivity index (χ0v) is 25.5. The van der Waals surface area contributed by atoms with Crippen LogP contribution >= 0.6 is 46.3 Å². The van der Waals surface area contributed by atoms with E-state index in [1.165, 1.54) is 30.2 Å². The molecule has 13 heteroatoms. The van der Waals surface area contributed by atoms with Gasteiger partial charge in [0.2, 0.25) is 5.91 Å². The molecule has 41 heavy (non-hydrogen) atoms. The lowest BCUT2D eigenvalue weighted by atomic mass is 10.0. The van der Waals surface area contributed by atoms with Gasteiger partial charge < -0.3 is 19.5 Å². The van der Waals surface area contributed by atoms with Crippen LogP contribution in [0.3, 0.4) is 0 Å². The van der Waals surface area contributed by atoms with Crippen LogP contribution in [0.2, 0.25) is 10.0 Å². The second kappa shape index (κ2) is 13.9. The van der Waals surface area contributed by atoms with Gasteiger partial charge in [0.15, 0.2) is 17.1 Å². The van der Waals surface area contributed by atoms with Crippen molar-refractivity contribution >= 4 is 63.2 Å². The quantitative estimate of drug-likeness (QED) is 0.0996. The third kappa shape index (κ3) is 7.23. The van der Waals surface area contributed by atoms with Crippen LogP contribution in [-0.2, 0) is 16.1 Å². The van der Waals surface area contributed by atoms with Crippen molar-refractivity contribution in [2.75, 3.05) is 25.3 Å². The normalized spacial score (nSPS) is 11.5. The first-order valence-electron chi connectivity index (χ1n) is 12.2. The maximum absolute atomic E-state index is 13.0. The number of hydrogen-bond acceptors (Lipinski definition) is 9. The number of nitrogens with one attached hydrogen (secondary N) is 1. The number of ether oxygens (including phenoxy) is 3. The third-order valence-electron chi connectivity index (χ3n) is 5.79. The van der Waals surface area contributed by atoms with E-state index in [0.717, 1.165) is 5.56 Å². The molecule has 4 aromatic rings. The van der Waals surface area contributed by atoms with E-state index >= 15 is 0 Å². The van der Waals surface area contributed by atoms with Crippen molar-refractivity contribution in [2.24, 2.45) is 0 Å². The number of hydrogen-bond donors (Lipinski definition) is 1. The number of anilines is 1. The molecule has 214 valence electrons. The Labute approximate surface area is 255 Å². The van der Waals surface area contributed by atoms with E-state index in [1.807, 2.05) is 23.6 Å². The molecule has 1 unspecified atom stereocenters. The van der Waals surface area contributed by atoms with Crippen molar-refractivity contribution in [2.45, 2.75) is 24.7 Å². The van der Waals surface area contributed by atoms with Crippen LogP contribution in [-0.4, -0.2) is 46.6 Å². The maximum atomic E-state index is 13.0. The third-order valence-corrected chi connectivity index (χ3v) is 8.18. The minimum atomic E-state index is -0.551. The molecule has 0 aliphatic rings. The van der Waals surface area contributed by atoms with E-state index in [4.69, 9.17) is 37.4 Å². The number of thiophene rings is 1. The van der Waals surface area contributed by atoms with Crippen LogP contribution in [0.15, 0.2) is 65.7 Å². The predicted molar refractivity (Wildman–Crippen MR) is 163 cm³/mol. The minimum Gasteiger partial charge on any atom is -0.497 e. The smallest absolute Gasteiger partial charge is 0.341 e. The molecule has 1 amide bonds. The molecule has 9 nitrogen and oxygen atoms in total. The molecule has 0 bridgehead atoms. The van der Waals surface area contributed by atoms with Gasteiger partial charge in [0, 0.05) is 22.5 Å². The second-order valence-electron chi connectivity index (χ2n) is 8.49. The van der Waals surface area contributed by atoms with Crippen molar-refractivity contribution in [1.82, 2.24) is 14.8 Å². The summed E-state index contributed by atoms with van der Waals surface area (Å²) in [6, 6.07) is 12.2. The number of rotatable bonds is 12. The van der Waals surface area contributed by atoms with Crippen molar-refractivity contribution in [3.8, 4) is 22.6 Å². The summed E-state index contributed by atoms with van der Waals surface area (Å²) in [6.07, 6.45) is 1.20. The Kier molecular flexibility index (Phi) is 10.3. The largest absolute Gasteiger partial charge is 0.497 e. The molecular formula is C28H26Cl2N4O5S2. The van der Waals surface area contributed by atoms with E-state index in [9.17, 15) is 9.59 Å². The average molecular weight is 634 g/mol. The summed E-state index contributed by atoms with van der Waals surface area (Å²) in [7, 11) is 2.88. The van der Waals surface area contributed by atoms with Crippen molar-refractivity contribution < 1.29 is 23.8 Å². The fraction of sp³-hybridized carbons (Fsp3) is 0.214. The summed E-state index contributed by atoms with van der Waals surface area (Å²) in [5.41, 5.74) is 1.72. The summed E-state index contributed by atoms with van der Waals surface area (Å²) in [5, 5.41) is 15.0. The number of halogens is 2. The summed E-state index contributed by atoms with van der Waals surface area (Å²) in [4.78, 5) is 25.6. The lowest BCUT2D eigenvalue weighted by Crippen LogP contribution is -2.17. The van der Waals surface area contributed by atoms with Crippen LogP contribution < -0.4 is 14.8 Å². The zero-order chi connectivity index (χ0) is 29.5. The summed E-state index contributed by atoms with van der Waals surface area (Å²) in [5.74, 6) is 0.826. The molecule has 0 aliphatic heterocycles. The Balaban J connectivity index is 1.48. The van der Waals surface area contributed by atoms with E-state index in [0.29, 0.717) is 49.6 Å². The van der Waals surface area contributed by atoms with Crippen molar-refractivity contribution in [3.63, 3.8) is 0 Å². The summed E-state index contributed by atoms with van der Waals surface area (Å²) < 4.78 is 18.0. The van der Waals surface area contributed by atoms with Gasteiger partial charge in [-0.15, -0.1) is 28.1 Å². The SMILES string of the molecule is C=CCn1c(SCC(=O)Nc2scc(-c3ccc(OC)cc3)c2C(=O)OC)nnc1C(C)Oc1ccc(Cl)cc1Cl. The van der Waals surface area contributed by atoms with E-state index < -0.39 is 12.1 Å². The number of benzene rings is 2. The van der Waals surface area contributed by atoms with Crippen molar-refractivity contribution in [1.29, 1.82) is 0 Å². The maximum Gasteiger partial charge on any atom is 0.341 e. The standard InChI is InChI=1S/C28H26Cl2N4O5S2/c1-5-12-34-25(16(2)39-22-11-8-18(29)13-21(22)30)32-33-28(34)41-15-23(35)31-26-24(27(36)38-4)20(14-40-26)17-6-9-19(37-3)10-7-17/h5-11,13-14,16H,1,12,15H2,2-4H3,(H,31,35). The van der Waals surface area contributed by atoms with Gasteiger partial charge in [0.05, 0.1) is 25.0 Å². The van der Waals surface area contributed by atoms with Crippen LogP contribution in [0.25, 0.3) is 11.1 Å². The van der Waals surface area contributed by atoms with Gasteiger partial charge in [-0.25, -0.2) is 4.79 Å². The molecule has 0 saturated heterocycles. The molecule has 1 atom stereocenters. The Morgan fingerprint density at radius 2 is 1.93 bits per heavy atom. The molecule has 2 heterocycles. The van der Waals surface area contributed by atoms with E-state index in [2.05, 4.69) is 22.1 Å². The predicted octanol–water partition coefficient (Wildman–Crippen LogP) is 7.17. The molecule has 0 spiro atoms. The molecule has 4 rings (SSSR count). The van der Waals surface area contributed by atoms with Crippen molar-refractivity contribution in [3.05, 3.63) is 81.9 Å². The summed E-state index contributed by atoms with van der Waals surface area (Å²) in [6.45, 7) is 6.04. The molecule has 0 radical (unpaired) electrons. The highest BCUT2D eigenvalue weighted by molar-refractivity contribution is 7.99. The number of thioether (sulfide) groups is 1. The van der Waals surface area contributed by atoms with Crippen LogP contribution in [0.4, 0.5) is 5.00 Å². The van der Waals surface area contributed by atoms with Gasteiger partial charge in [-0.1, -0.05) is 53.2 Å². The summed E-state index contributed by atoms with van der Waals surface area (Å²) >= 11 is 14.7. The van der Waals surface area contributed by atoms with Gasteiger partial charge in [-0.2, -0.15) is 0 Å². The van der Waals surface area contributed by atoms with E-state index in [1.54, 1.807) is 48.9 Å². The number of methoxy groups -OCH3 is 2. The fourth-order valence-electron chi connectivity index (χ4n) is 3.85. The highest BCUT2D eigenvalue weighted by Crippen LogP contribution is 2.37. The molecule has 2 aromatic heterocycles. The highest BCUT2D eigenvalue weighted by atomic mass is 35.5. The van der Waals surface area contributed by atoms with Gasteiger partial charge in [0.25, 0.3) is 0 Å². The fourth-order valence-corrected chi connectivity index (χ4v) is 6.03. The van der Waals surface area contributed by atoms with Gasteiger partial charge in [-0.05, 0) is 42.8 Å². The lowest BCUT2D eigenvalue weighted by molar-refractivity contribution is -0.113. The minimum absolute atomic E-state index is 0.0178. The molecule has 2 aromatic carbocycles. The number of carbonyl (C=O) groups is 2. The zero-order valence-electron chi connectivity index (χ0n) is 22.4. The van der Waals surface area contributed by atoms with E-state index in [-0.39, 0.29) is 17.2 Å². The van der Waals surface area contributed by atoms with Crippen LogP contribution in [0.1, 0.15) is 29.2 Å². The topological polar surface area (TPSA) is 105 Å².